The van der Waals surface area contributed by atoms with Crippen molar-refractivity contribution in [1.29, 1.82) is 0 Å². The summed E-state index contributed by atoms with van der Waals surface area (Å²) in [5.74, 6) is -1.03. The average molecular weight is 457 g/mol. The number of amides is 1. The zero-order valence-electron chi connectivity index (χ0n) is 15.2. The van der Waals surface area contributed by atoms with Gasteiger partial charge in [-0.1, -0.05) is 47.5 Å². The number of nitrogens with one attached hydrogen (secondary N) is 1. The van der Waals surface area contributed by atoms with Gasteiger partial charge in [0.2, 0.25) is 0 Å². The maximum absolute atomic E-state index is 14.7. The zero-order valence-corrected chi connectivity index (χ0v) is 16.7. The van der Waals surface area contributed by atoms with Gasteiger partial charge in [-0.05, 0) is 35.9 Å². The highest BCUT2D eigenvalue weighted by Gasteiger charge is 2.34. The number of benzene rings is 2. The number of halogens is 6. The number of pyridine rings is 1. The molecule has 9 heteroatoms. The molecule has 0 radical (unpaired) electrons. The minimum Gasteiger partial charge on any atom is -0.349 e. The lowest BCUT2D eigenvalue weighted by Gasteiger charge is -2.15. The quantitative estimate of drug-likeness (QED) is 0.351. The molecule has 0 aliphatic heterocycles. The SMILES string of the molecule is O=C(NCC(F)c1ccc(-c2cccnc2Cl)cc1Cl)c1ccccc1C(F)(F)F. The van der Waals surface area contributed by atoms with Crippen molar-refractivity contribution in [2.24, 2.45) is 0 Å². The molecule has 0 aliphatic carbocycles. The summed E-state index contributed by atoms with van der Waals surface area (Å²) in [6, 6.07) is 12.3. The van der Waals surface area contributed by atoms with Crippen LogP contribution in [0.3, 0.4) is 0 Å². The maximum Gasteiger partial charge on any atom is 0.417 e. The van der Waals surface area contributed by atoms with Crippen molar-refractivity contribution in [1.82, 2.24) is 10.3 Å². The average Bonchev–Trinajstić information content (AvgIpc) is 2.71. The van der Waals surface area contributed by atoms with E-state index in [1.54, 1.807) is 18.2 Å². The van der Waals surface area contributed by atoms with Crippen LogP contribution in [0.5, 0.6) is 0 Å². The fourth-order valence-corrected chi connectivity index (χ4v) is 3.39. The van der Waals surface area contributed by atoms with Crippen LogP contribution in [0.2, 0.25) is 10.2 Å². The Bertz CT molecular complexity index is 1070. The number of carbonyl (C=O) groups excluding carboxylic acids is 1. The summed E-state index contributed by atoms with van der Waals surface area (Å²) in [5.41, 5.74) is -0.347. The van der Waals surface area contributed by atoms with Gasteiger partial charge in [0.25, 0.3) is 5.91 Å². The topological polar surface area (TPSA) is 42.0 Å². The molecule has 0 fully saturated rings. The Morgan fingerprint density at radius 1 is 1.07 bits per heavy atom. The summed E-state index contributed by atoms with van der Waals surface area (Å²) in [6.45, 7) is -0.544. The highest BCUT2D eigenvalue weighted by atomic mass is 35.5. The van der Waals surface area contributed by atoms with Crippen LogP contribution < -0.4 is 5.32 Å². The van der Waals surface area contributed by atoms with Gasteiger partial charge in [0, 0.05) is 22.3 Å². The van der Waals surface area contributed by atoms with Crippen molar-refractivity contribution in [3.8, 4) is 11.1 Å². The van der Waals surface area contributed by atoms with E-state index in [0.29, 0.717) is 11.1 Å². The third kappa shape index (κ3) is 4.91. The van der Waals surface area contributed by atoms with Crippen molar-refractivity contribution in [3.63, 3.8) is 0 Å². The van der Waals surface area contributed by atoms with E-state index >= 15 is 0 Å². The second kappa shape index (κ2) is 9.02. The van der Waals surface area contributed by atoms with Gasteiger partial charge in [-0.3, -0.25) is 4.79 Å². The standard InChI is InChI=1S/C21H14Cl2F4N2O/c22-17-10-12(13-5-3-9-28-19(13)23)7-8-15(17)18(24)11-29-20(30)14-4-1-2-6-16(14)21(25,26)27/h1-10,18H,11H2,(H,29,30). The van der Waals surface area contributed by atoms with Gasteiger partial charge in [0.15, 0.2) is 0 Å². The molecule has 1 amide bonds. The number of hydrogen-bond acceptors (Lipinski definition) is 2. The summed E-state index contributed by atoms with van der Waals surface area (Å²) in [6.07, 6.45) is -4.90. The molecule has 3 aromatic rings. The lowest BCUT2D eigenvalue weighted by molar-refractivity contribution is -0.137. The molecule has 0 saturated carbocycles. The normalized spacial score (nSPS) is 12.5. The Kier molecular flexibility index (Phi) is 6.63. The van der Waals surface area contributed by atoms with Gasteiger partial charge in [-0.15, -0.1) is 0 Å². The van der Waals surface area contributed by atoms with E-state index in [1.165, 1.54) is 30.5 Å². The van der Waals surface area contributed by atoms with Gasteiger partial charge >= 0.3 is 6.18 Å². The molecule has 3 rings (SSSR count). The van der Waals surface area contributed by atoms with Gasteiger partial charge in [0.1, 0.15) is 11.3 Å². The van der Waals surface area contributed by atoms with Crippen LogP contribution in [0.4, 0.5) is 17.6 Å². The van der Waals surface area contributed by atoms with Crippen molar-refractivity contribution in [3.05, 3.63) is 87.7 Å². The first kappa shape index (κ1) is 22.1. The monoisotopic (exact) mass is 456 g/mol. The van der Waals surface area contributed by atoms with Gasteiger partial charge < -0.3 is 5.32 Å². The number of carbonyl (C=O) groups is 1. The van der Waals surface area contributed by atoms with E-state index in [2.05, 4.69) is 10.3 Å². The first-order valence-electron chi connectivity index (χ1n) is 8.67. The minimum absolute atomic E-state index is 0.0878. The summed E-state index contributed by atoms with van der Waals surface area (Å²) < 4.78 is 53.8. The van der Waals surface area contributed by atoms with Crippen LogP contribution in [-0.4, -0.2) is 17.4 Å². The second-order valence-corrected chi connectivity index (χ2v) is 7.06. The van der Waals surface area contributed by atoms with Crippen molar-refractivity contribution >= 4 is 29.1 Å². The zero-order chi connectivity index (χ0) is 21.9. The molecule has 2 aromatic carbocycles. The molecule has 1 aromatic heterocycles. The predicted molar refractivity (Wildman–Crippen MR) is 107 cm³/mol. The summed E-state index contributed by atoms with van der Waals surface area (Å²) in [4.78, 5) is 16.1. The van der Waals surface area contributed by atoms with Crippen LogP contribution in [0.1, 0.15) is 27.7 Å². The van der Waals surface area contributed by atoms with Crippen LogP contribution >= 0.6 is 23.2 Å². The van der Waals surface area contributed by atoms with Crippen molar-refractivity contribution in [2.45, 2.75) is 12.3 Å². The minimum atomic E-state index is -4.70. The number of aromatic nitrogens is 1. The largest absolute Gasteiger partial charge is 0.417 e. The third-order valence-electron chi connectivity index (χ3n) is 4.33. The number of hydrogen-bond donors (Lipinski definition) is 1. The molecule has 1 unspecified atom stereocenters. The van der Waals surface area contributed by atoms with E-state index in [-0.39, 0.29) is 15.7 Å². The van der Waals surface area contributed by atoms with Gasteiger partial charge in [-0.25, -0.2) is 9.37 Å². The molecule has 30 heavy (non-hydrogen) atoms. The Labute approximate surface area is 179 Å². The van der Waals surface area contributed by atoms with Crippen LogP contribution in [0.25, 0.3) is 11.1 Å². The maximum atomic E-state index is 14.7. The molecule has 156 valence electrons. The van der Waals surface area contributed by atoms with Crippen molar-refractivity contribution in [2.75, 3.05) is 6.54 Å². The van der Waals surface area contributed by atoms with Crippen LogP contribution in [0, 0.1) is 0 Å². The van der Waals surface area contributed by atoms with E-state index in [4.69, 9.17) is 23.2 Å². The highest BCUT2D eigenvalue weighted by molar-refractivity contribution is 6.33. The fourth-order valence-electron chi connectivity index (χ4n) is 2.87. The Hall–Kier alpha value is -2.64. The van der Waals surface area contributed by atoms with Gasteiger partial charge in [0.05, 0.1) is 17.7 Å². The second-order valence-electron chi connectivity index (χ2n) is 6.30. The molecule has 0 spiro atoms. The lowest BCUT2D eigenvalue weighted by atomic mass is 10.0. The Balaban J connectivity index is 1.74. The highest BCUT2D eigenvalue weighted by Crippen LogP contribution is 2.34. The van der Waals surface area contributed by atoms with Crippen molar-refractivity contribution < 1.29 is 22.4 Å². The lowest BCUT2D eigenvalue weighted by Crippen LogP contribution is -2.29. The molecule has 1 N–H and O–H groups in total. The van der Waals surface area contributed by atoms with E-state index in [1.807, 2.05) is 0 Å². The predicted octanol–water partition coefficient (Wildman–Crippen LogP) is 6.51. The number of nitrogens with zero attached hydrogens (tertiary/aromatic N) is 1. The molecule has 1 atom stereocenters. The van der Waals surface area contributed by atoms with Crippen LogP contribution in [-0.2, 0) is 6.18 Å². The van der Waals surface area contributed by atoms with Gasteiger partial charge in [-0.2, -0.15) is 13.2 Å². The molecule has 0 aliphatic rings. The van der Waals surface area contributed by atoms with E-state index in [0.717, 1.165) is 12.1 Å². The molecule has 0 bridgehead atoms. The van der Waals surface area contributed by atoms with Crippen LogP contribution in [0.15, 0.2) is 60.8 Å². The Morgan fingerprint density at radius 2 is 1.80 bits per heavy atom. The summed E-state index contributed by atoms with van der Waals surface area (Å²) in [7, 11) is 0. The summed E-state index contributed by atoms with van der Waals surface area (Å²) >= 11 is 12.2. The number of alkyl halides is 4. The smallest absolute Gasteiger partial charge is 0.349 e. The molecular weight excluding hydrogens is 443 g/mol. The molecular formula is C21H14Cl2F4N2O. The third-order valence-corrected chi connectivity index (χ3v) is 4.96. The van der Waals surface area contributed by atoms with E-state index < -0.39 is 35.9 Å². The summed E-state index contributed by atoms with van der Waals surface area (Å²) in [5, 5.41) is 2.53. The molecule has 1 heterocycles. The van der Waals surface area contributed by atoms with E-state index in [9.17, 15) is 22.4 Å². The fraction of sp³-hybridized carbons (Fsp3) is 0.143. The molecule has 3 nitrogen and oxygen atoms in total. The Morgan fingerprint density at radius 3 is 2.47 bits per heavy atom. The molecule has 0 saturated heterocycles. The first-order chi connectivity index (χ1) is 14.2. The number of rotatable bonds is 5. The first-order valence-corrected chi connectivity index (χ1v) is 9.43.